The summed E-state index contributed by atoms with van der Waals surface area (Å²) in [6.45, 7) is 6.47. The minimum Gasteiger partial charge on any atom is -0.378 e. The second-order valence-corrected chi connectivity index (χ2v) is 7.55. The van der Waals surface area contributed by atoms with Crippen LogP contribution in [0.25, 0.3) is 0 Å². The topological polar surface area (TPSA) is 32.8 Å². The molecule has 2 aliphatic heterocycles. The van der Waals surface area contributed by atoms with Crippen LogP contribution in [0.15, 0.2) is 12.2 Å². The number of hydrogen-bond donors (Lipinski definition) is 0. The lowest BCUT2D eigenvalue weighted by atomic mass is 9.90. The minimum atomic E-state index is 0.259. The highest BCUT2D eigenvalue weighted by Crippen LogP contribution is 2.43. The van der Waals surface area contributed by atoms with Gasteiger partial charge < -0.3 is 14.5 Å². The number of morpholine rings is 1. The summed E-state index contributed by atoms with van der Waals surface area (Å²) in [5.74, 6) is 3.23. The van der Waals surface area contributed by atoms with Gasteiger partial charge in [0, 0.05) is 25.6 Å². The number of carbonyl (C=O) groups excluding carboxylic acids is 1. The Balaban J connectivity index is 1.24. The van der Waals surface area contributed by atoms with Gasteiger partial charge in [-0.3, -0.25) is 4.79 Å². The summed E-state index contributed by atoms with van der Waals surface area (Å²) in [6, 6.07) is 0. The van der Waals surface area contributed by atoms with Crippen LogP contribution in [-0.4, -0.2) is 61.6 Å². The Morgan fingerprint density at radius 2 is 1.82 bits per heavy atom. The zero-order chi connectivity index (χ0) is 14.9. The Bertz CT molecular complexity index is 436. The molecule has 3 unspecified atom stereocenters. The van der Waals surface area contributed by atoms with Gasteiger partial charge >= 0.3 is 0 Å². The average Bonchev–Trinajstić information content (AvgIpc) is 3.19. The Hall–Kier alpha value is -0.870. The van der Waals surface area contributed by atoms with Gasteiger partial charge in [-0.1, -0.05) is 12.2 Å². The molecule has 2 saturated heterocycles. The van der Waals surface area contributed by atoms with Crippen LogP contribution in [0.1, 0.15) is 25.7 Å². The SMILES string of the molecule is O=C(C1CCN(CC2CC3C=CC2C3)CC1)N1CCOCC1. The molecule has 0 N–H and O–H groups in total. The lowest BCUT2D eigenvalue weighted by molar-refractivity contribution is -0.141. The Morgan fingerprint density at radius 3 is 2.45 bits per heavy atom. The summed E-state index contributed by atoms with van der Waals surface area (Å²) in [6.07, 6.45) is 9.77. The zero-order valence-corrected chi connectivity index (χ0v) is 13.5. The molecule has 0 aromatic rings. The van der Waals surface area contributed by atoms with Crippen molar-refractivity contribution < 1.29 is 9.53 Å². The predicted molar refractivity (Wildman–Crippen MR) is 85.4 cm³/mol. The van der Waals surface area contributed by atoms with E-state index in [9.17, 15) is 4.79 Å². The number of carbonyl (C=O) groups is 1. The molecule has 1 amide bonds. The average molecular weight is 304 g/mol. The minimum absolute atomic E-state index is 0.259. The van der Waals surface area contributed by atoms with Crippen molar-refractivity contribution in [1.29, 1.82) is 0 Å². The van der Waals surface area contributed by atoms with Crippen molar-refractivity contribution in [1.82, 2.24) is 9.80 Å². The van der Waals surface area contributed by atoms with Crippen LogP contribution in [0.5, 0.6) is 0 Å². The summed E-state index contributed by atoms with van der Waals surface area (Å²) in [5, 5.41) is 0. The van der Waals surface area contributed by atoms with Crippen LogP contribution in [0.3, 0.4) is 0 Å². The molecule has 122 valence electrons. The van der Waals surface area contributed by atoms with Gasteiger partial charge in [0.15, 0.2) is 0 Å². The van der Waals surface area contributed by atoms with Crippen molar-refractivity contribution in [2.45, 2.75) is 25.7 Å². The summed E-state index contributed by atoms with van der Waals surface area (Å²) in [5.41, 5.74) is 0. The molecule has 4 heteroatoms. The molecule has 4 aliphatic rings. The number of hydrogen-bond acceptors (Lipinski definition) is 3. The van der Waals surface area contributed by atoms with E-state index >= 15 is 0 Å². The van der Waals surface area contributed by atoms with Gasteiger partial charge in [0.2, 0.25) is 5.91 Å². The van der Waals surface area contributed by atoms with Gasteiger partial charge in [-0.2, -0.15) is 0 Å². The molecule has 4 rings (SSSR count). The Labute approximate surface area is 133 Å². The molecule has 0 spiro atoms. The molecule has 2 aliphatic carbocycles. The van der Waals surface area contributed by atoms with Gasteiger partial charge in [-0.15, -0.1) is 0 Å². The van der Waals surface area contributed by atoms with Gasteiger partial charge in [-0.25, -0.2) is 0 Å². The van der Waals surface area contributed by atoms with Crippen LogP contribution in [0.4, 0.5) is 0 Å². The van der Waals surface area contributed by atoms with Crippen molar-refractivity contribution >= 4 is 5.91 Å². The third-order valence-corrected chi connectivity index (χ3v) is 6.17. The van der Waals surface area contributed by atoms with Crippen molar-refractivity contribution in [3.63, 3.8) is 0 Å². The summed E-state index contributed by atoms with van der Waals surface area (Å²) < 4.78 is 5.35. The van der Waals surface area contributed by atoms with E-state index in [-0.39, 0.29) is 5.92 Å². The summed E-state index contributed by atoms with van der Waals surface area (Å²) in [7, 11) is 0. The molecule has 2 heterocycles. The third kappa shape index (κ3) is 2.95. The van der Waals surface area contributed by atoms with E-state index in [1.807, 2.05) is 4.90 Å². The van der Waals surface area contributed by atoms with Crippen LogP contribution >= 0.6 is 0 Å². The van der Waals surface area contributed by atoms with Crippen molar-refractivity contribution in [3.8, 4) is 0 Å². The van der Waals surface area contributed by atoms with Crippen LogP contribution < -0.4 is 0 Å². The van der Waals surface area contributed by atoms with E-state index in [4.69, 9.17) is 4.74 Å². The first kappa shape index (κ1) is 14.7. The fourth-order valence-corrected chi connectivity index (χ4v) is 4.84. The molecular formula is C18H28N2O2. The third-order valence-electron chi connectivity index (χ3n) is 6.17. The van der Waals surface area contributed by atoms with Crippen molar-refractivity contribution in [2.75, 3.05) is 45.9 Å². The first-order chi connectivity index (χ1) is 10.8. The van der Waals surface area contributed by atoms with Gasteiger partial charge in [0.05, 0.1) is 13.2 Å². The number of piperidine rings is 1. The van der Waals surface area contributed by atoms with Gasteiger partial charge in [-0.05, 0) is 56.5 Å². The van der Waals surface area contributed by atoms with Crippen LogP contribution in [0, 0.1) is 23.7 Å². The lowest BCUT2D eigenvalue weighted by Gasteiger charge is -2.37. The van der Waals surface area contributed by atoms with Crippen LogP contribution in [0.2, 0.25) is 0 Å². The number of nitrogens with zero attached hydrogens (tertiary/aromatic N) is 2. The van der Waals surface area contributed by atoms with Crippen LogP contribution in [-0.2, 0) is 9.53 Å². The molecule has 4 nitrogen and oxygen atoms in total. The Kier molecular flexibility index (Phi) is 4.23. The fraction of sp³-hybridized carbons (Fsp3) is 0.833. The van der Waals surface area contributed by atoms with E-state index in [0.29, 0.717) is 19.1 Å². The quantitative estimate of drug-likeness (QED) is 0.745. The zero-order valence-electron chi connectivity index (χ0n) is 13.5. The monoisotopic (exact) mass is 304 g/mol. The largest absolute Gasteiger partial charge is 0.378 e. The predicted octanol–water partition coefficient (Wildman–Crippen LogP) is 1.77. The Morgan fingerprint density at radius 1 is 1.05 bits per heavy atom. The normalized spacial score (nSPS) is 36.2. The van der Waals surface area contributed by atoms with E-state index in [2.05, 4.69) is 17.1 Å². The molecular weight excluding hydrogens is 276 g/mol. The fourth-order valence-electron chi connectivity index (χ4n) is 4.84. The van der Waals surface area contributed by atoms with Crippen molar-refractivity contribution in [3.05, 3.63) is 12.2 Å². The highest BCUT2D eigenvalue weighted by molar-refractivity contribution is 5.79. The highest BCUT2D eigenvalue weighted by atomic mass is 16.5. The van der Waals surface area contributed by atoms with Gasteiger partial charge in [0.1, 0.15) is 0 Å². The van der Waals surface area contributed by atoms with E-state index in [1.54, 1.807) is 0 Å². The molecule has 3 fully saturated rings. The molecule has 3 atom stereocenters. The molecule has 0 radical (unpaired) electrons. The first-order valence-electron chi connectivity index (χ1n) is 9.07. The van der Waals surface area contributed by atoms with Gasteiger partial charge in [0.25, 0.3) is 0 Å². The number of ether oxygens (including phenoxy) is 1. The maximum absolute atomic E-state index is 12.6. The number of allylic oxidation sites excluding steroid dienone is 2. The highest BCUT2D eigenvalue weighted by Gasteiger charge is 2.37. The van der Waals surface area contributed by atoms with Crippen molar-refractivity contribution in [2.24, 2.45) is 23.7 Å². The van der Waals surface area contributed by atoms with E-state index in [0.717, 1.165) is 56.8 Å². The second kappa shape index (κ2) is 6.32. The molecule has 0 aromatic heterocycles. The first-order valence-corrected chi connectivity index (χ1v) is 9.07. The van der Waals surface area contributed by atoms with E-state index in [1.165, 1.54) is 19.4 Å². The lowest BCUT2D eigenvalue weighted by Crippen LogP contribution is -2.47. The molecule has 2 bridgehead atoms. The maximum atomic E-state index is 12.6. The number of rotatable bonds is 3. The smallest absolute Gasteiger partial charge is 0.225 e. The summed E-state index contributed by atoms with van der Waals surface area (Å²) >= 11 is 0. The maximum Gasteiger partial charge on any atom is 0.225 e. The number of likely N-dealkylation sites (tertiary alicyclic amines) is 1. The molecule has 1 saturated carbocycles. The molecule has 0 aromatic carbocycles. The standard InChI is InChI=1S/C18H28N2O2/c21-18(20-7-9-22-10-8-20)15-3-5-19(6-4-15)13-17-12-14-1-2-16(17)11-14/h1-2,14-17H,3-13H2. The van der Waals surface area contributed by atoms with E-state index < -0.39 is 0 Å². The number of fused-ring (bicyclic) bond motifs is 2. The number of amides is 1. The summed E-state index contributed by atoms with van der Waals surface area (Å²) in [4.78, 5) is 17.2. The molecule has 22 heavy (non-hydrogen) atoms. The second-order valence-electron chi connectivity index (χ2n) is 7.55.